The molecule has 0 spiro atoms. The van der Waals surface area contributed by atoms with E-state index in [-0.39, 0.29) is 12.0 Å². The Hall–Kier alpha value is -2.93. The van der Waals surface area contributed by atoms with Gasteiger partial charge in [0.2, 0.25) is 0 Å². The summed E-state index contributed by atoms with van der Waals surface area (Å²) in [7, 11) is 0. The zero-order valence-corrected chi connectivity index (χ0v) is 18.6. The van der Waals surface area contributed by atoms with E-state index in [4.69, 9.17) is 28.1 Å². The van der Waals surface area contributed by atoms with Crippen LogP contribution in [-0.2, 0) is 4.74 Å². The summed E-state index contributed by atoms with van der Waals surface area (Å²) >= 11 is 12.7. The first kappa shape index (κ1) is 22.3. The van der Waals surface area contributed by atoms with Crippen LogP contribution in [0.5, 0.6) is 0 Å². The van der Waals surface area contributed by atoms with Crippen molar-refractivity contribution >= 4 is 40.9 Å². The minimum atomic E-state index is -0.424. The minimum absolute atomic E-state index is 0.0694. The summed E-state index contributed by atoms with van der Waals surface area (Å²) in [6, 6.07) is 16.9. The number of nitrogens with zero attached hydrogens (tertiary/aromatic N) is 2. The SMILES string of the molecule is O=C(NC[C@@H]1CCCO1)c1ccc(C(=O)N(Cl)c2ccc(Cl)c(-c3ccccn3)c2)cc1. The van der Waals surface area contributed by atoms with Gasteiger partial charge in [-0.3, -0.25) is 14.6 Å². The molecule has 1 aliphatic rings. The van der Waals surface area contributed by atoms with Crippen LogP contribution in [0.4, 0.5) is 5.69 Å². The molecule has 1 atom stereocenters. The molecule has 1 aliphatic heterocycles. The Morgan fingerprint density at radius 1 is 1.09 bits per heavy atom. The van der Waals surface area contributed by atoms with Gasteiger partial charge >= 0.3 is 0 Å². The highest BCUT2D eigenvalue weighted by molar-refractivity contribution is 6.39. The van der Waals surface area contributed by atoms with Crippen LogP contribution in [0.25, 0.3) is 11.3 Å². The van der Waals surface area contributed by atoms with Crippen molar-refractivity contribution in [2.24, 2.45) is 0 Å². The van der Waals surface area contributed by atoms with E-state index < -0.39 is 5.91 Å². The zero-order chi connectivity index (χ0) is 22.5. The van der Waals surface area contributed by atoms with Gasteiger partial charge in [-0.15, -0.1) is 0 Å². The van der Waals surface area contributed by atoms with E-state index in [1.54, 1.807) is 48.7 Å². The van der Waals surface area contributed by atoms with Crippen LogP contribution in [0.3, 0.4) is 0 Å². The maximum absolute atomic E-state index is 12.9. The highest BCUT2D eigenvalue weighted by Gasteiger charge is 2.19. The van der Waals surface area contributed by atoms with Crippen molar-refractivity contribution in [1.82, 2.24) is 10.3 Å². The first-order chi connectivity index (χ1) is 15.5. The van der Waals surface area contributed by atoms with Gasteiger partial charge in [0.1, 0.15) is 0 Å². The highest BCUT2D eigenvalue weighted by atomic mass is 35.5. The summed E-state index contributed by atoms with van der Waals surface area (Å²) < 4.78 is 6.53. The quantitative estimate of drug-likeness (QED) is 0.509. The number of nitrogens with one attached hydrogen (secondary N) is 1. The molecule has 1 aromatic heterocycles. The fourth-order valence-electron chi connectivity index (χ4n) is 3.46. The van der Waals surface area contributed by atoms with Gasteiger partial charge in [0.15, 0.2) is 0 Å². The lowest BCUT2D eigenvalue weighted by Gasteiger charge is -2.16. The molecular formula is C24H21Cl2N3O3. The normalized spacial score (nSPS) is 15.4. The third-order valence-electron chi connectivity index (χ3n) is 5.20. The Morgan fingerprint density at radius 2 is 1.88 bits per heavy atom. The lowest BCUT2D eigenvalue weighted by Crippen LogP contribution is -2.31. The van der Waals surface area contributed by atoms with Gasteiger partial charge in [-0.1, -0.05) is 17.7 Å². The molecule has 0 saturated carbocycles. The van der Waals surface area contributed by atoms with Crippen LogP contribution in [0, 0.1) is 0 Å². The van der Waals surface area contributed by atoms with Crippen LogP contribution in [0.1, 0.15) is 33.6 Å². The molecule has 0 radical (unpaired) electrons. The molecule has 8 heteroatoms. The number of amides is 2. The lowest BCUT2D eigenvalue weighted by molar-refractivity contribution is 0.0857. The number of carbonyl (C=O) groups is 2. The van der Waals surface area contributed by atoms with Crippen molar-refractivity contribution in [2.45, 2.75) is 18.9 Å². The fraction of sp³-hybridized carbons (Fsp3) is 0.208. The number of carbonyl (C=O) groups excluding carboxylic acids is 2. The molecule has 0 aliphatic carbocycles. The van der Waals surface area contributed by atoms with Gasteiger partial charge in [-0.25, -0.2) is 4.42 Å². The second-order valence-corrected chi connectivity index (χ2v) is 8.13. The van der Waals surface area contributed by atoms with E-state index in [9.17, 15) is 9.59 Å². The molecular weight excluding hydrogens is 449 g/mol. The molecule has 2 heterocycles. The monoisotopic (exact) mass is 469 g/mol. The van der Waals surface area contributed by atoms with E-state index in [0.717, 1.165) is 23.9 Å². The lowest BCUT2D eigenvalue weighted by atomic mass is 10.1. The van der Waals surface area contributed by atoms with E-state index in [2.05, 4.69) is 10.3 Å². The van der Waals surface area contributed by atoms with E-state index >= 15 is 0 Å². The smallest absolute Gasteiger partial charge is 0.272 e. The van der Waals surface area contributed by atoms with Gasteiger partial charge in [-0.2, -0.15) is 0 Å². The second-order valence-electron chi connectivity index (χ2n) is 7.39. The summed E-state index contributed by atoms with van der Waals surface area (Å²) in [4.78, 5) is 29.5. The van der Waals surface area contributed by atoms with Crippen molar-refractivity contribution in [1.29, 1.82) is 0 Å². The van der Waals surface area contributed by atoms with Crippen molar-refractivity contribution in [3.8, 4) is 11.3 Å². The Balaban J connectivity index is 1.45. The molecule has 0 unspecified atom stereocenters. The predicted octanol–water partition coefficient (Wildman–Crippen LogP) is 5.11. The number of rotatable bonds is 6. The fourth-order valence-corrected chi connectivity index (χ4v) is 3.88. The number of benzene rings is 2. The summed E-state index contributed by atoms with van der Waals surface area (Å²) in [5, 5.41) is 3.36. The Labute approximate surface area is 196 Å². The highest BCUT2D eigenvalue weighted by Crippen LogP contribution is 2.32. The zero-order valence-electron chi connectivity index (χ0n) is 17.1. The average Bonchev–Trinajstić information content (AvgIpc) is 3.36. The number of pyridine rings is 1. The molecule has 2 amide bonds. The molecule has 3 aromatic rings. The number of anilines is 1. The van der Waals surface area contributed by atoms with Crippen LogP contribution in [0.2, 0.25) is 5.02 Å². The third kappa shape index (κ3) is 5.10. The number of hydrogen-bond acceptors (Lipinski definition) is 4. The van der Waals surface area contributed by atoms with E-state index in [1.165, 1.54) is 0 Å². The van der Waals surface area contributed by atoms with E-state index in [0.29, 0.717) is 39.6 Å². The third-order valence-corrected chi connectivity index (χ3v) is 5.88. The molecule has 32 heavy (non-hydrogen) atoms. The molecule has 1 saturated heterocycles. The molecule has 1 fully saturated rings. The van der Waals surface area contributed by atoms with Crippen LogP contribution in [0.15, 0.2) is 66.9 Å². The summed E-state index contributed by atoms with van der Waals surface area (Å²) in [6.45, 7) is 1.22. The van der Waals surface area contributed by atoms with Gasteiger partial charge < -0.3 is 10.1 Å². The second kappa shape index (κ2) is 10.1. The minimum Gasteiger partial charge on any atom is -0.376 e. The maximum Gasteiger partial charge on any atom is 0.272 e. The predicted molar refractivity (Wildman–Crippen MR) is 125 cm³/mol. The first-order valence-corrected chi connectivity index (χ1v) is 11.0. The largest absolute Gasteiger partial charge is 0.376 e. The van der Waals surface area contributed by atoms with Gasteiger partial charge in [0, 0.05) is 47.8 Å². The van der Waals surface area contributed by atoms with Gasteiger partial charge in [-0.05, 0) is 67.4 Å². The van der Waals surface area contributed by atoms with Crippen LogP contribution < -0.4 is 9.74 Å². The number of ether oxygens (including phenoxy) is 1. The summed E-state index contributed by atoms with van der Waals surface area (Å²) in [5.74, 6) is -0.632. The van der Waals surface area contributed by atoms with Crippen molar-refractivity contribution in [3.63, 3.8) is 0 Å². The molecule has 0 bridgehead atoms. The summed E-state index contributed by atoms with van der Waals surface area (Å²) in [5.41, 5.74) is 2.62. The van der Waals surface area contributed by atoms with E-state index in [1.807, 2.05) is 18.2 Å². The molecule has 4 rings (SSSR count). The topological polar surface area (TPSA) is 71.5 Å². The van der Waals surface area contributed by atoms with Crippen molar-refractivity contribution in [3.05, 3.63) is 83.0 Å². The van der Waals surface area contributed by atoms with Gasteiger partial charge in [0.25, 0.3) is 11.8 Å². The average molecular weight is 470 g/mol. The van der Waals surface area contributed by atoms with Gasteiger partial charge in [0.05, 0.1) is 22.5 Å². The Morgan fingerprint density at radius 3 is 2.56 bits per heavy atom. The van der Waals surface area contributed by atoms with Crippen LogP contribution >= 0.6 is 23.4 Å². The van der Waals surface area contributed by atoms with Crippen molar-refractivity contribution in [2.75, 3.05) is 17.6 Å². The molecule has 6 nitrogen and oxygen atoms in total. The van der Waals surface area contributed by atoms with Crippen LogP contribution in [-0.4, -0.2) is 36.1 Å². The standard InChI is InChI=1S/C24H21Cl2N3O3/c25-21-11-10-18(14-20(21)22-5-1-2-12-27-22)29(26)24(31)17-8-6-16(7-9-17)23(30)28-15-19-4-3-13-32-19/h1-2,5-12,14,19H,3-4,13,15H2,(H,28,30)/t19-/m0/s1. The summed E-state index contributed by atoms with van der Waals surface area (Å²) in [6.07, 6.45) is 3.70. The Bertz CT molecular complexity index is 1100. The molecule has 2 aromatic carbocycles. The number of hydrogen-bond donors (Lipinski definition) is 1. The first-order valence-electron chi connectivity index (χ1n) is 10.2. The van der Waals surface area contributed by atoms with Crippen molar-refractivity contribution < 1.29 is 14.3 Å². The molecule has 164 valence electrons. The maximum atomic E-state index is 12.9. The molecule has 1 N–H and O–H groups in total. The Kier molecular flexibility index (Phi) is 7.05. The number of aromatic nitrogens is 1. The number of halogens is 2.